The lowest BCUT2D eigenvalue weighted by Crippen LogP contribution is -2.55. The van der Waals surface area contributed by atoms with Gasteiger partial charge in [0, 0.05) is 6.61 Å². The molecule has 0 aromatic carbocycles. The van der Waals surface area contributed by atoms with Gasteiger partial charge in [-0.2, -0.15) is 0 Å². The van der Waals surface area contributed by atoms with E-state index < -0.39 is 24.4 Å². The van der Waals surface area contributed by atoms with Crippen LogP contribution in [0.5, 0.6) is 0 Å². The quantitative estimate of drug-likeness (QED) is 0.201. The van der Waals surface area contributed by atoms with Crippen molar-refractivity contribution in [2.75, 3.05) is 19.8 Å². The minimum Gasteiger partial charge on any atom is -0.394 e. The molecule has 0 radical (unpaired) electrons. The molecule has 0 spiro atoms. The molecule has 1 saturated heterocycles. The molecule has 5 heteroatoms. The maximum Gasteiger partial charge on any atom is 0.114 e. The summed E-state index contributed by atoms with van der Waals surface area (Å²) >= 11 is 0. The number of hydrogen-bond donors (Lipinski definition) is 3. The summed E-state index contributed by atoms with van der Waals surface area (Å²) in [5.74, 6) is 0. The van der Waals surface area contributed by atoms with Crippen LogP contribution >= 0.6 is 0 Å². The molecule has 0 saturated carbocycles. The van der Waals surface area contributed by atoms with E-state index in [1.807, 2.05) is 0 Å². The predicted molar refractivity (Wildman–Crippen MR) is 123 cm³/mol. The molecule has 1 fully saturated rings. The lowest BCUT2D eigenvalue weighted by atomic mass is 10.0. The Balaban J connectivity index is 1.85. The van der Waals surface area contributed by atoms with Crippen LogP contribution in [0, 0.1) is 0 Å². The van der Waals surface area contributed by atoms with Gasteiger partial charge in [0.2, 0.25) is 0 Å². The van der Waals surface area contributed by atoms with E-state index in [1.54, 1.807) is 0 Å². The second kappa shape index (κ2) is 19.2. The molecular formula is C25H48O5. The van der Waals surface area contributed by atoms with E-state index in [0.29, 0.717) is 6.61 Å². The topological polar surface area (TPSA) is 79.2 Å². The summed E-state index contributed by atoms with van der Waals surface area (Å²) in [5, 5.41) is 29.0. The third kappa shape index (κ3) is 13.1. The molecule has 1 aliphatic rings. The first-order valence-corrected chi connectivity index (χ1v) is 12.6. The van der Waals surface area contributed by atoms with Crippen molar-refractivity contribution < 1.29 is 24.8 Å². The summed E-state index contributed by atoms with van der Waals surface area (Å²) in [6, 6.07) is 0. The Hall–Kier alpha value is -0.460. The number of ether oxygens (including phenoxy) is 2. The Morgan fingerprint density at radius 1 is 0.800 bits per heavy atom. The normalized spacial score (nSPS) is 24.7. The minimum atomic E-state index is -0.989. The van der Waals surface area contributed by atoms with Crippen molar-refractivity contribution in [2.45, 2.75) is 128 Å². The van der Waals surface area contributed by atoms with Crippen molar-refractivity contribution in [2.24, 2.45) is 0 Å². The molecule has 0 aromatic heterocycles. The number of aliphatic hydroxyl groups excluding tert-OH is 3. The second-order valence-electron chi connectivity index (χ2n) is 8.74. The largest absolute Gasteiger partial charge is 0.394 e. The zero-order valence-corrected chi connectivity index (χ0v) is 19.4. The van der Waals surface area contributed by atoms with E-state index in [1.165, 1.54) is 83.5 Å². The Kier molecular flexibility index (Phi) is 17.7. The predicted octanol–water partition coefficient (Wildman–Crippen LogP) is 4.91. The van der Waals surface area contributed by atoms with Gasteiger partial charge < -0.3 is 24.8 Å². The molecule has 0 unspecified atom stereocenters. The summed E-state index contributed by atoms with van der Waals surface area (Å²) in [6.07, 6.45) is 20.7. The van der Waals surface area contributed by atoms with Crippen molar-refractivity contribution in [3.05, 3.63) is 12.2 Å². The van der Waals surface area contributed by atoms with Gasteiger partial charge in [-0.1, -0.05) is 83.3 Å². The number of unbranched alkanes of at least 4 members (excludes halogenated alkanes) is 13. The zero-order valence-electron chi connectivity index (χ0n) is 19.4. The average Bonchev–Trinajstić information content (AvgIpc) is 2.75. The molecule has 0 bridgehead atoms. The molecule has 0 aromatic rings. The van der Waals surface area contributed by atoms with Crippen molar-refractivity contribution >= 4 is 0 Å². The summed E-state index contributed by atoms with van der Waals surface area (Å²) in [6.45, 7) is 2.63. The maximum atomic E-state index is 10.0. The second-order valence-corrected chi connectivity index (χ2v) is 8.74. The van der Waals surface area contributed by atoms with Crippen molar-refractivity contribution in [3.8, 4) is 0 Å². The minimum absolute atomic E-state index is 0.0437. The highest BCUT2D eigenvalue weighted by molar-refractivity contribution is 4.87. The van der Waals surface area contributed by atoms with Crippen molar-refractivity contribution in [3.63, 3.8) is 0 Å². The number of allylic oxidation sites excluding steroid dienone is 2. The Labute approximate surface area is 184 Å². The molecule has 30 heavy (non-hydrogen) atoms. The monoisotopic (exact) mass is 428 g/mol. The highest BCUT2D eigenvalue weighted by Crippen LogP contribution is 2.19. The smallest absolute Gasteiger partial charge is 0.114 e. The van der Waals surface area contributed by atoms with Gasteiger partial charge in [-0.3, -0.25) is 0 Å². The van der Waals surface area contributed by atoms with Gasteiger partial charge >= 0.3 is 0 Å². The van der Waals surface area contributed by atoms with Crippen LogP contribution in [0.15, 0.2) is 12.2 Å². The van der Waals surface area contributed by atoms with E-state index in [0.717, 1.165) is 12.8 Å². The van der Waals surface area contributed by atoms with Gasteiger partial charge in [0.15, 0.2) is 0 Å². The third-order valence-corrected chi connectivity index (χ3v) is 5.97. The summed E-state index contributed by atoms with van der Waals surface area (Å²) in [7, 11) is 0. The molecule has 5 nitrogen and oxygen atoms in total. The fourth-order valence-corrected chi connectivity index (χ4v) is 3.96. The van der Waals surface area contributed by atoms with Crippen LogP contribution in [-0.2, 0) is 9.47 Å². The molecule has 3 N–H and O–H groups in total. The van der Waals surface area contributed by atoms with Crippen LogP contribution < -0.4 is 0 Å². The van der Waals surface area contributed by atoms with E-state index in [9.17, 15) is 15.3 Å². The first-order chi connectivity index (χ1) is 14.7. The molecule has 1 heterocycles. The molecule has 0 aliphatic carbocycles. The lowest BCUT2D eigenvalue weighted by Gasteiger charge is -2.37. The van der Waals surface area contributed by atoms with Crippen molar-refractivity contribution in [1.29, 1.82) is 0 Å². The van der Waals surface area contributed by atoms with Gasteiger partial charge in [0.1, 0.15) is 24.4 Å². The van der Waals surface area contributed by atoms with Gasteiger partial charge in [-0.25, -0.2) is 0 Å². The molecule has 178 valence electrons. The van der Waals surface area contributed by atoms with Gasteiger partial charge in [0.05, 0.1) is 13.2 Å². The first-order valence-electron chi connectivity index (χ1n) is 12.6. The van der Waals surface area contributed by atoms with E-state index in [2.05, 4.69) is 19.1 Å². The van der Waals surface area contributed by atoms with Gasteiger partial charge in [-0.15, -0.1) is 0 Å². The zero-order chi connectivity index (χ0) is 21.9. The highest BCUT2D eigenvalue weighted by Gasteiger charge is 2.39. The summed E-state index contributed by atoms with van der Waals surface area (Å²) in [5.41, 5.74) is 0. The summed E-state index contributed by atoms with van der Waals surface area (Å²) < 4.78 is 11.0. The first kappa shape index (κ1) is 27.6. The van der Waals surface area contributed by atoms with Crippen LogP contribution in [0.3, 0.4) is 0 Å². The molecule has 0 amide bonds. The molecular weight excluding hydrogens is 380 g/mol. The van der Waals surface area contributed by atoms with Crippen LogP contribution in [0.25, 0.3) is 0 Å². The van der Waals surface area contributed by atoms with Gasteiger partial charge in [-0.05, 0) is 32.1 Å². The number of hydrogen-bond acceptors (Lipinski definition) is 5. The van der Waals surface area contributed by atoms with Crippen LogP contribution in [0.1, 0.15) is 103 Å². The highest BCUT2D eigenvalue weighted by atomic mass is 16.6. The van der Waals surface area contributed by atoms with Crippen molar-refractivity contribution in [1.82, 2.24) is 0 Å². The SMILES string of the molecule is CCCCCC/C=C/CCCCCCCCCCCO[C@H]1[C@H](O)[C@@H](O)CO[C@@H]1CO. The van der Waals surface area contributed by atoms with Crippen LogP contribution in [0.4, 0.5) is 0 Å². The lowest BCUT2D eigenvalue weighted by molar-refractivity contribution is -0.211. The summed E-state index contributed by atoms with van der Waals surface area (Å²) in [4.78, 5) is 0. The van der Waals surface area contributed by atoms with Crippen LogP contribution in [0.2, 0.25) is 0 Å². The number of aliphatic hydroxyl groups is 3. The molecule has 1 aliphatic heterocycles. The fourth-order valence-electron chi connectivity index (χ4n) is 3.96. The molecule has 1 rings (SSSR count). The third-order valence-electron chi connectivity index (χ3n) is 5.97. The fraction of sp³-hybridized carbons (Fsp3) is 0.920. The van der Waals surface area contributed by atoms with Crippen LogP contribution in [-0.4, -0.2) is 59.6 Å². The Bertz CT molecular complexity index is 399. The molecule has 4 atom stereocenters. The Morgan fingerprint density at radius 3 is 1.90 bits per heavy atom. The van der Waals surface area contributed by atoms with E-state index in [4.69, 9.17) is 9.47 Å². The Morgan fingerprint density at radius 2 is 1.33 bits per heavy atom. The maximum absolute atomic E-state index is 10.0. The van der Waals surface area contributed by atoms with E-state index >= 15 is 0 Å². The standard InChI is InChI=1S/C25H48O5/c1-2-3-4-5-6-7-8-9-10-11-12-13-14-15-16-17-18-19-29-25-23(20-26)30-21-22(27)24(25)28/h7-8,22-28H,2-6,9-21H2,1H3/b8-7+/t22-,23+,24+,25+/m0/s1. The van der Waals surface area contributed by atoms with Gasteiger partial charge in [0.25, 0.3) is 0 Å². The number of rotatable bonds is 19. The van der Waals surface area contributed by atoms with E-state index in [-0.39, 0.29) is 13.2 Å². The average molecular weight is 429 g/mol.